The third-order valence-corrected chi connectivity index (χ3v) is 4.45. The second-order valence-corrected chi connectivity index (χ2v) is 6.29. The van der Waals surface area contributed by atoms with E-state index in [0.29, 0.717) is 6.61 Å². The van der Waals surface area contributed by atoms with Gasteiger partial charge in [0.2, 0.25) is 0 Å². The molecule has 1 aliphatic rings. The van der Waals surface area contributed by atoms with Crippen LogP contribution in [0.15, 0.2) is 29.3 Å². The maximum atomic E-state index is 5.11. The molecule has 25 heavy (non-hydrogen) atoms. The third kappa shape index (κ3) is 4.36. The molecule has 0 saturated carbocycles. The number of guanidine groups is 1. The summed E-state index contributed by atoms with van der Waals surface area (Å²) in [7, 11) is 3.46. The molecule has 7 nitrogen and oxygen atoms in total. The Morgan fingerprint density at radius 2 is 2.24 bits per heavy atom. The Morgan fingerprint density at radius 1 is 1.40 bits per heavy atom. The van der Waals surface area contributed by atoms with Crippen molar-refractivity contribution in [1.29, 1.82) is 0 Å². The number of methoxy groups -OCH3 is 1. The lowest BCUT2D eigenvalue weighted by Gasteiger charge is -2.25. The molecule has 1 atom stereocenters. The molecule has 7 heteroatoms. The molecule has 1 aromatic carbocycles. The summed E-state index contributed by atoms with van der Waals surface area (Å²) in [4.78, 5) is 8.86. The highest BCUT2D eigenvalue weighted by atomic mass is 16.5. The average Bonchev–Trinajstić information content (AvgIpc) is 3.01. The number of fused-ring (bicyclic) bond motifs is 1. The Hall–Kier alpha value is -2.41. The molecule has 0 amide bonds. The van der Waals surface area contributed by atoms with E-state index < -0.39 is 0 Å². The summed E-state index contributed by atoms with van der Waals surface area (Å²) in [6.45, 7) is 4.12. The van der Waals surface area contributed by atoms with Crippen molar-refractivity contribution in [1.82, 2.24) is 25.4 Å². The van der Waals surface area contributed by atoms with E-state index in [1.165, 1.54) is 11.1 Å². The fourth-order valence-corrected chi connectivity index (χ4v) is 3.04. The summed E-state index contributed by atoms with van der Waals surface area (Å²) in [5.41, 5.74) is 2.55. The number of benzene rings is 1. The van der Waals surface area contributed by atoms with Crippen LogP contribution in [-0.2, 0) is 30.9 Å². The smallest absolute Gasteiger partial charge is 0.191 e. The summed E-state index contributed by atoms with van der Waals surface area (Å²) >= 11 is 0. The van der Waals surface area contributed by atoms with Gasteiger partial charge in [-0.15, -0.1) is 0 Å². The minimum atomic E-state index is 0.285. The highest BCUT2D eigenvalue weighted by Gasteiger charge is 2.22. The van der Waals surface area contributed by atoms with E-state index in [2.05, 4.69) is 56.9 Å². The molecule has 1 aliphatic heterocycles. The van der Waals surface area contributed by atoms with E-state index in [4.69, 9.17) is 4.74 Å². The van der Waals surface area contributed by atoms with Gasteiger partial charge in [0.15, 0.2) is 11.8 Å². The fraction of sp³-hybridized carbons (Fsp3) is 0.500. The Balaban J connectivity index is 1.56. The van der Waals surface area contributed by atoms with Crippen molar-refractivity contribution in [3.05, 3.63) is 47.0 Å². The Morgan fingerprint density at radius 3 is 3.00 bits per heavy atom. The molecule has 3 rings (SSSR count). The molecule has 2 heterocycles. The SMILES string of the molecule is CN=C(NCc1ccccc1C)NC1CCc2nc(COC)nn2C1. The zero-order chi connectivity index (χ0) is 17.6. The molecular formula is C18H26N6O. The van der Waals surface area contributed by atoms with Gasteiger partial charge in [0.1, 0.15) is 12.4 Å². The molecule has 0 fully saturated rings. The number of nitrogens with one attached hydrogen (secondary N) is 2. The first-order valence-corrected chi connectivity index (χ1v) is 8.63. The van der Waals surface area contributed by atoms with Crippen LogP contribution >= 0.6 is 0 Å². The van der Waals surface area contributed by atoms with Crippen LogP contribution in [0.5, 0.6) is 0 Å². The van der Waals surface area contributed by atoms with Gasteiger partial charge < -0.3 is 15.4 Å². The van der Waals surface area contributed by atoms with Gasteiger partial charge in [-0.05, 0) is 24.5 Å². The van der Waals surface area contributed by atoms with Crippen molar-refractivity contribution in [2.24, 2.45) is 4.99 Å². The molecule has 0 bridgehead atoms. The number of aromatic nitrogens is 3. The molecule has 2 N–H and O–H groups in total. The van der Waals surface area contributed by atoms with Gasteiger partial charge in [0, 0.05) is 33.2 Å². The molecule has 1 aromatic heterocycles. The Bertz CT molecular complexity index is 739. The predicted molar refractivity (Wildman–Crippen MR) is 97.4 cm³/mol. The molecule has 0 saturated heterocycles. The number of hydrogen-bond donors (Lipinski definition) is 2. The first-order valence-electron chi connectivity index (χ1n) is 8.63. The zero-order valence-corrected chi connectivity index (χ0v) is 15.1. The molecule has 0 aliphatic carbocycles. The minimum absolute atomic E-state index is 0.285. The number of rotatable bonds is 5. The van der Waals surface area contributed by atoms with Crippen LogP contribution in [-0.4, -0.2) is 40.9 Å². The standard InChI is InChI=1S/C18H26N6O/c1-13-6-4-5-7-14(13)10-20-18(19-2)21-15-8-9-17-22-16(12-25-3)23-24(17)11-15/h4-7,15H,8-12H2,1-3H3,(H2,19,20,21). The van der Waals surface area contributed by atoms with Gasteiger partial charge in [-0.1, -0.05) is 24.3 Å². The molecule has 0 spiro atoms. The summed E-state index contributed by atoms with van der Waals surface area (Å²) < 4.78 is 7.09. The topological polar surface area (TPSA) is 76.4 Å². The van der Waals surface area contributed by atoms with Crippen LogP contribution in [0.1, 0.15) is 29.2 Å². The average molecular weight is 342 g/mol. The highest BCUT2D eigenvalue weighted by molar-refractivity contribution is 5.80. The van der Waals surface area contributed by atoms with E-state index in [1.807, 2.05) is 4.68 Å². The van der Waals surface area contributed by atoms with Crippen LogP contribution in [0.3, 0.4) is 0 Å². The van der Waals surface area contributed by atoms with E-state index in [1.54, 1.807) is 14.2 Å². The van der Waals surface area contributed by atoms with Crippen LogP contribution < -0.4 is 10.6 Å². The number of aryl methyl sites for hydroxylation is 2. The minimum Gasteiger partial charge on any atom is -0.377 e. The zero-order valence-electron chi connectivity index (χ0n) is 15.1. The molecule has 2 aromatic rings. The van der Waals surface area contributed by atoms with Gasteiger partial charge in [0.25, 0.3) is 0 Å². The van der Waals surface area contributed by atoms with E-state index in [0.717, 1.165) is 43.5 Å². The first-order chi connectivity index (χ1) is 12.2. The predicted octanol–water partition coefficient (Wildman–Crippen LogP) is 1.41. The van der Waals surface area contributed by atoms with Crippen molar-refractivity contribution < 1.29 is 4.74 Å². The van der Waals surface area contributed by atoms with Gasteiger partial charge in [-0.3, -0.25) is 4.99 Å². The number of ether oxygens (including phenoxy) is 1. The van der Waals surface area contributed by atoms with Crippen LogP contribution in [0.4, 0.5) is 0 Å². The molecule has 134 valence electrons. The lowest BCUT2D eigenvalue weighted by molar-refractivity contribution is 0.177. The summed E-state index contributed by atoms with van der Waals surface area (Å²) in [6.07, 6.45) is 1.92. The lowest BCUT2D eigenvalue weighted by Crippen LogP contribution is -2.46. The number of nitrogens with zero attached hydrogens (tertiary/aromatic N) is 4. The van der Waals surface area contributed by atoms with Gasteiger partial charge in [-0.25, -0.2) is 9.67 Å². The first kappa shape index (κ1) is 17.4. The molecular weight excluding hydrogens is 316 g/mol. The van der Waals surface area contributed by atoms with Gasteiger partial charge >= 0.3 is 0 Å². The van der Waals surface area contributed by atoms with Crippen molar-refractivity contribution >= 4 is 5.96 Å². The van der Waals surface area contributed by atoms with Crippen molar-refractivity contribution in [2.45, 2.75) is 45.5 Å². The van der Waals surface area contributed by atoms with E-state index >= 15 is 0 Å². The monoisotopic (exact) mass is 342 g/mol. The summed E-state index contributed by atoms with van der Waals surface area (Å²) in [5.74, 6) is 2.60. The quantitative estimate of drug-likeness (QED) is 0.635. The molecule has 1 unspecified atom stereocenters. The maximum absolute atomic E-state index is 5.11. The summed E-state index contributed by atoms with van der Waals surface area (Å²) in [6, 6.07) is 8.66. The molecule has 0 radical (unpaired) electrons. The Kier molecular flexibility index (Phi) is 5.65. The third-order valence-electron chi connectivity index (χ3n) is 4.45. The second kappa shape index (κ2) is 8.11. The van der Waals surface area contributed by atoms with Crippen molar-refractivity contribution in [2.75, 3.05) is 14.2 Å². The van der Waals surface area contributed by atoms with Crippen LogP contribution in [0.25, 0.3) is 0 Å². The largest absolute Gasteiger partial charge is 0.377 e. The van der Waals surface area contributed by atoms with E-state index in [-0.39, 0.29) is 6.04 Å². The lowest BCUT2D eigenvalue weighted by atomic mass is 10.1. The highest BCUT2D eigenvalue weighted by Crippen LogP contribution is 2.13. The summed E-state index contributed by atoms with van der Waals surface area (Å²) in [5, 5.41) is 11.4. The maximum Gasteiger partial charge on any atom is 0.191 e. The second-order valence-electron chi connectivity index (χ2n) is 6.29. The van der Waals surface area contributed by atoms with Gasteiger partial charge in [0.05, 0.1) is 6.54 Å². The van der Waals surface area contributed by atoms with Crippen LogP contribution in [0, 0.1) is 6.92 Å². The van der Waals surface area contributed by atoms with Crippen molar-refractivity contribution in [3.63, 3.8) is 0 Å². The van der Waals surface area contributed by atoms with E-state index in [9.17, 15) is 0 Å². The fourth-order valence-electron chi connectivity index (χ4n) is 3.04. The van der Waals surface area contributed by atoms with Gasteiger partial charge in [-0.2, -0.15) is 5.10 Å². The number of hydrogen-bond acceptors (Lipinski definition) is 4. The normalized spacial score (nSPS) is 17.2. The van der Waals surface area contributed by atoms with Crippen molar-refractivity contribution in [3.8, 4) is 0 Å². The Labute approximate surface area is 148 Å². The van der Waals surface area contributed by atoms with Crippen LogP contribution in [0.2, 0.25) is 0 Å². The number of aliphatic imine (C=N–C) groups is 1.